The Labute approximate surface area is 97.6 Å². The highest BCUT2D eigenvalue weighted by molar-refractivity contribution is 14.1. The van der Waals surface area contributed by atoms with Crippen LogP contribution in [0.1, 0.15) is 0 Å². The molecule has 0 spiro atoms. The van der Waals surface area contributed by atoms with E-state index >= 15 is 0 Å². The zero-order valence-electron chi connectivity index (χ0n) is 5.28. The average molecular weight is 420 g/mol. The molecule has 0 unspecified atom stereocenters. The predicted molar refractivity (Wildman–Crippen MR) is 56.4 cm³/mol. The van der Waals surface area contributed by atoms with Crippen molar-refractivity contribution in [2.24, 2.45) is 0 Å². The van der Waals surface area contributed by atoms with E-state index in [1.54, 1.807) is 0 Å². The van der Waals surface area contributed by atoms with Gasteiger partial charge in [-0.2, -0.15) is 0 Å². The van der Waals surface area contributed by atoms with E-state index in [-0.39, 0.29) is 5.06 Å². The summed E-state index contributed by atoms with van der Waals surface area (Å²) in [5.41, 5.74) is 0. The quantitative estimate of drug-likeness (QED) is 0.628. The van der Waals surface area contributed by atoms with Crippen molar-refractivity contribution < 1.29 is 17.9 Å². The van der Waals surface area contributed by atoms with E-state index in [0.717, 1.165) is 17.8 Å². The minimum absolute atomic E-state index is 0.115. The first-order chi connectivity index (χ1) is 5.38. The molecule has 0 aliphatic carbocycles. The smallest absolute Gasteiger partial charge is 0.396 e. The molecular weight excluding hydrogens is 419 g/mol. The lowest BCUT2D eigenvalue weighted by Gasteiger charge is -2.04. The number of ether oxygens (including phenoxy) is 1. The average Bonchev–Trinajstić information content (AvgIpc) is 2.07. The molecule has 0 aliphatic heterocycles. The minimum atomic E-state index is -4.59. The second kappa shape index (κ2) is 3.86. The number of thiophene rings is 1. The van der Waals surface area contributed by atoms with Gasteiger partial charge in [0.25, 0.3) is 0 Å². The summed E-state index contributed by atoms with van der Waals surface area (Å²) in [6.07, 6.45) is -4.59. The van der Waals surface area contributed by atoms with Gasteiger partial charge >= 0.3 is 6.36 Å². The van der Waals surface area contributed by atoms with Crippen LogP contribution in [0.4, 0.5) is 13.2 Å². The fourth-order valence-corrected chi connectivity index (χ4v) is 2.77. The van der Waals surface area contributed by atoms with Crippen LogP contribution in [0.25, 0.3) is 0 Å². The number of rotatable bonds is 1. The van der Waals surface area contributed by atoms with Crippen molar-refractivity contribution >= 4 is 56.5 Å². The first-order valence-electron chi connectivity index (χ1n) is 2.59. The van der Waals surface area contributed by atoms with Crippen LogP contribution in [0.3, 0.4) is 0 Å². The molecule has 68 valence electrons. The Morgan fingerprint density at radius 1 is 1.33 bits per heavy atom. The molecule has 0 N–H and O–H groups in total. The van der Waals surface area contributed by atoms with Crippen LogP contribution in [0.5, 0.6) is 5.06 Å². The Hall–Kier alpha value is 0.750. The highest BCUT2D eigenvalue weighted by Crippen LogP contribution is 2.34. The first-order valence-corrected chi connectivity index (χ1v) is 5.56. The molecule has 1 aromatic heterocycles. The lowest BCUT2D eigenvalue weighted by Crippen LogP contribution is -2.16. The standard InChI is InChI=1S/C5HF3I2OS/c6-5(7,8)11-3-1-2(9)4(10)12-3/h1H. The van der Waals surface area contributed by atoms with Gasteiger partial charge in [0.2, 0.25) is 0 Å². The van der Waals surface area contributed by atoms with Gasteiger partial charge in [-0.3, -0.25) is 0 Å². The minimum Gasteiger partial charge on any atom is -0.396 e. The molecule has 0 radical (unpaired) electrons. The lowest BCUT2D eigenvalue weighted by molar-refractivity contribution is -0.273. The van der Waals surface area contributed by atoms with Crippen LogP contribution >= 0.6 is 56.5 Å². The normalized spacial score (nSPS) is 11.8. The van der Waals surface area contributed by atoms with E-state index in [4.69, 9.17) is 0 Å². The molecule has 0 atom stereocenters. The number of hydrogen-bond donors (Lipinski definition) is 0. The third-order valence-corrected chi connectivity index (χ3v) is 5.13. The van der Waals surface area contributed by atoms with Crippen LogP contribution in [0, 0.1) is 6.45 Å². The molecule has 0 aromatic carbocycles. The van der Waals surface area contributed by atoms with E-state index in [1.165, 1.54) is 6.07 Å². The third kappa shape index (κ3) is 3.24. The Balaban J connectivity index is 2.77. The molecule has 0 amide bonds. The van der Waals surface area contributed by atoms with Crippen molar-refractivity contribution in [1.82, 2.24) is 0 Å². The van der Waals surface area contributed by atoms with Crippen molar-refractivity contribution in [2.75, 3.05) is 0 Å². The van der Waals surface area contributed by atoms with E-state index in [0.29, 0.717) is 0 Å². The highest BCUT2D eigenvalue weighted by atomic mass is 127. The summed E-state index contributed by atoms with van der Waals surface area (Å²) in [6, 6.07) is 1.36. The monoisotopic (exact) mass is 420 g/mol. The Kier molecular flexibility index (Phi) is 3.49. The summed E-state index contributed by atoms with van der Waals surface area (Å²) in [4.78, 5) is 0. The zero-order valence-corrected chi connectivity index (χ0v) is 10.4. The lowest BCUT2D eigenvalue weighted by atomic mass is 10.6. The summed E-state index contributed by atoms with van der Waals surface area (Å²) < 4.78 is 40.3. The molecule has 7 heteroatoms. The number of halogens is 5. The van der Waals surface area contributed by atoms with Crippen LogP contribution in [0.2, 0.25) is 0 Å². The molecule has 12 heavy (non-hydrogen) atoms. The van der Waals surface area contributed by atoms with E-state index < -0.39 is 6.36 Å². The Bertz CT molecular complexity index is 263. The summed E-state index contributed by atoms with van der Waals surface area (Å²) in [7, 11) is 0. The predicted octanol–water partition coefficient (Wildman–Crippen LogP) is 3.86. The fourth-order valence-electron chi connectivity index (χ4n) is 0.491. The SMILES string of the molecule is FC(F)(F)Oc1cc(I)c(I)s1. The molecule has 0 fully saturated rings. The van der Waals surface area contributed by atoms with Gasteiger partial charge in [-0.05, 0) is 45.2 Å². The molecule has 0 saturated carbocycles. The van der Waals surface area contributed by atoms with Crippen LogP contribution in [-0.2, 0) is 0 Å². The molecule has 0 bridgehead atoms. The van der Waals surface area contributed by atoms with E-state index in [1.807, 2.05) is 45.2 Å². The highest BCUT2D eigenvalue weighted by Gasteiger charge is 2.32. The molecule has 1 rings (SSSR count). The van der Waals surface area contributed by atoms with Gasteiger partial charge in [-0.25, -0.2) is 0 Å². The number of hydrogen-bond acceptors (Lipinski definition) is 2. The van der Waals surface area contributed by atoms with Gasteiger partial charge in [0.05, 0.1) is 2.88 Å². The van der Waals surface area contributed by atoms with Gasteiger partial charge in [-0.1, -0.05) is 11.3 Å². The van der Waals surface area contributed by atoms with Crippen molar-refractivity contribution in [3.05, 3.63) is 12.5 Å². The first kappa shape index (κ1) is 10.8. The van der Waals surface area contributed by atoms with Crippen molar-refractivity contribution in [2.45, 2.75) is 6.36 Å². The summed E-state index contributed by atoms with van der Waals surface area (Å²) >= 11 is 4.89. The van der Waals surface area contributed by atoms with Crippen molar-refractivity contribution in [1.29, 1.82) is 0 Å². The fraction of sp³-hybridized carbons (Fsp3) is 0.200. The molecule has 1 heterocycles. The third-order valence-electron chi connectivity index (χ3n) is 0.839. The van der Waals surface area contributed by atoms with E-state index in [9.17, 15) is 13.2 Å². The Morgan fingerprint density at radius 2 is 1.92 bits per heavy atom. The summed E-state index contributed by atoms with van der Waals surface area (Å²) in [6.45, 7) is 0. The van der Waals surface area contributed by atoms with Crippen molar-refractivity contribution in [3.63, 3.8) is 0 Å². The second-order valence-corrected chi connectivity index (χ2v) is 5.72. The van der Waals surface area contributed by atoms with Crippen molar-refractivity contribution in [3.8, 4) is 5.06 Å². The van der Waals surface area contributed by atoms with Gasteiger partial charge in [0.15, 0.2) is 5.06 Å². The summed E-state index contributed by atoms with van der Waals surface area (Å²) in [5, 5.41) is -0.115. The van der Waals surface area contributed by atoms with Gasteiger partial charge in [-0.15, -0.1) is 13.2 Å². The second-order valence-electron chi connectivity index (χ2n) is 1.73. The maximum Gasteiger partial charge on any atom is 0.573 e. The molecule has 1 nitrogen and oxygen atoms in total. The van der Waals surface area contributed by atoms with Gasteiger partial charge < -0.3 is 4.74 Å². The van der Waals surface area contributed by atoms with Gasteiger partial charge in [0.1, 0.15) is 0 Å². The van der Waals surface area contributed by atoms with Gasteiger partial charge in [0, 0.05) is 9.64 Å². The molecule has 0 saturated heterocycles. The van der Waals surface area contributed by atoms with Crippen LogP contribution < -0.4 is 4.74 Å². The van der Waals surface area contributed by atoms with Crippen LogP contribution in [0.15, 0.2) is 6.07 Å². The molecular formula is C5HF3I2OS. The molecule has 0 aliphatic rings. The van der Waals surface area contributed by atoms with Crippen LogP contribution in [-0.4, -0.2) is 6.36 Å². The zero-order chi connectivity index (χ0) is 9.35. The number of alkyl halides is 3. The molecule has 1 aromatic rings. The maximum atomic E-state index is 11.7. The topological polar surface area (TPSA) is 9.23 Å². The maximum absolute atomic E-state index is 11.7. The largest absolute Gasteiger partial charge is 0.573 e. The van der Waals surface area contributed by atoms with E-state index in [2.05, 4.69) is 4.74 Å². The Morgan fingerprint density at radius 3 is 2.25 bits per heavy atom. The summed E-state index contributed by atoms with van der Waals surface area (Å²) in [5.74, 6) is 0.